The van der Waals surface area contributed by atoms with Crippen molar-refractivity contribution in [1.29, 1.82) is 0 Å². The Bertz CT molecular complexity index is 901. The molecule has 3 rings (SSSR count). The number of carbonyl (C=O) groups is 1. The lowest BCUT2D eigenvalue weighted by atomic mass is 10.2. The Morgan fingerprint density at radius 1 is 1.16 bits per heavy atom. The zero-order valence-corrected chi connectivity index (χ0v) is 16.4. The number of hydrogen-bond acceptors (Lipinski definition) is 3. The zero-order valence-electron chi connectivity index (χ0n) is 13.2. The minimum atomic E-state index is -3.71. The molecule has 1 aliphatic heterocycles. The number of carbonyl (C=O) groups excluding carboxylic acids is 1. The maximum Gasteiger partial charge on any atom is 0.242 e. The summed E-state index contributed by atoms with van der Waals surface area (Å²) in [7, 11) is -3.71. The monoisotopic (exact) mass is 442 g/mol. The highest BCUT2D eigenvalue weighted by Crippen LogP contribution is 2.25. The second-order valence-corrected chi connectivity index (χ2v) is 8.77. The molecular weight excluding hydrogens is 428 g/mol. The summed E-state index contributed by atoms with van der Waals surface area (Å²) in [5, 5.41) is 0.157. The Morgan fingerprint density at radius 2 is 1.88 bits per heavy atom. The number of nitrogens with one attached hydrogen (secondary N) is 1. The first kappa shape index (κ1) is 18.4. The van der Waals surface area contributed by atoms with Gasteiger partial charge in [-0.2, -0.15) is 0 Å². The number of halogens is 2. The fourth-order valence-electron chi connectivity index (χ4n) is 2.66. The highest BCUT2D eigenvalue weighted by atomic mass is 79.9. The summed E-state index contributed by atoms with van der Waals surface area (Å²) in [6.07, 6.45) is 1.45. The molecule has 1 aliphatic rings. The van der Waals surface area contributed by atoms with Crippen LogP contribution in [0, 0.1) is 0 Å². The van der Waals surface area contributed by atoms with E-state index in [4.69, 9.17) is 11.6 Å². The topological polar surface area (TPSA) is 66.5 Å². The van der Waals surface area contributed by atoms with Gasteiger partial charge in [-0.25, -0.2) is 13.1 Å². The van der Waals surface area contributed by atoms with Crippen molar-refractivity contribution in [3.05, 3.63) is 57.5 Å². The van der Waals surface area contributed by atoms with E-state index in [-0.39, 0.29) is 22.4 Å². The van der Waals surface area contributed by atoms with Gasteiger partial charge in [0.1, 0.15) is 4.90 Å². The molecule has 5 nitrogen and oxygen atoms in total. The normalized spacial score (nSPS) is 15.0. The fourth-order valence-corrected chi connectivity index (χ4v) is 4.72. The molecule has 0 atom stereocenters. The van der Waals surface area contributed by atoms with Gasteiger partial charge in [0.05, 0.1) is 5.02 Å². The summed E-state index contributed by atoms with van der Waals surface area (Å²) >= 11 is 9.27. The highest BCUT2D eigenvalue weighted by molar-refractivity contribution is 9.10. The molecule has 0 aromatic heterocycles. The van der Waals surface area contributed by atoms with Gasteiger partial charge in [0, 0.05) is 29.7 Å². The highest BCUT2D eigenvalue weighted by Gasteiger charge is 2.21. The first-order valence-corrected chi connectivity index (χ1v) is 10.4. The van der Waals surface area contributed by atoms with Crippen LogP contribution in [0.15, 0.2) is 51.8 Å². The lowest BCUT2D eigenvalue weighted by molar-refractivity contribution is -0.117. The minimum Gasteiger partial charge on any atom is -0.312 e. The van der Waals surface area contributed by atoms with Gasteiger partial charge < -0.3 is 4.90 Å². The van der Waals surface area contributed by atoms with Crippen molar-refractivity contribution in [3.63, 3.8) is 0 Å². The third-order valence-corrected chi connectivity index (χ3v) is 6.35. The van der Waals surface area contributed by atoms with E-state index in [0.717, 1.165) is 24.2 Å². The summed E-state index contributed by atoms with van der Waals surface area (Å²) < 4.78 is 28.0. The predicted octanol–water partition coefficient (Wildman–Crippen LogP) is 3.71. The molecule has 132 valence electrons. The molecule has 1 amide bonds. The third-order valence-electron chi connectivity index (χ3n) is 3.97. The van der Waals surface area contributed by atoms with Gasteiger partial charge in [-0.15, -0.1) is 0 Å². The van der Waals surface area contributed by atoms with Crippen molar-refractivity contribution in [2.24, 2.45) is 0 Å². The van der Waals surface area contributed by atoms with Gasteiger partial charge in [0.25, 0.3) is 0 Å². The SMILES string of the molecule is O=C1CCCN1c1ccc(CNS(=O)(=O)c2ccc(Br)cc2Cl)cc1. The van der Waals surface area contributed by atoms with Crippen LogP contribution in [0.3, 0.4) is 0 Å². The Hall–Kier alpha value is -1.41. The maximum absolute atomic E-state index is 12.4. The summed E-state index contributed by atoms with van der Waals surface area (Å²) in [6, 6.07) is 11.9. The van der Waals surface area contributed by atoms with Crippen LogP contribution in [0.5, 0.6) is 0 Å². The van der Waals surface area contributed by atoms with Crippen LogP contribution in [-0.2, 0) is 21.4 Å². The van der Waals surface area contributed by atoms with Gasteiger partial charge in [0.15, 0.2) is 0 Å². The standard InChI is InChI=1S/C17H16BrClN2O3S/c18-13-5-8-16(15(19)10-13)25(23,24)20-11-12-3-6-14(7-4-12)21-9-1-2-17(21)22/h3-8,10,20H,1-2,9,11H2. The molecule has 2 aromatic carbocycles. The summed E-state index contributed by atoms with van der Waals surface area (Å²) in [6.45, 7) is 0.871. The van der Waals surface area contributed by atoms with Crippen molar-refractivity contribution in [2.75, 3.05) is 11.4 Å². The van der Waals surface area contributed by atoms with Crippen molar-refractivity contribution in [1.82, 2.24) is 4.72 Å². The average Bonchev–Trinajstić information content (AvgIpc) is 2.99. The van der Waals surface area contributed by atoms with Crippen LogP contribution in [0.4, 0.5) is 5.69 Å². The number of benzene rings is 2. The second kappa shape index (κ2) is 7.45. The van der Waals surface area contributed by atoms with Crippen molar-refractivity contribution in [3.8, 4) is 0 Å². The number of amides is 1. The van der Waals surface area contributed by atoms with Gasteiger partial charge >= 0.3 is 0 Å². The van der Waals surface area contributed by atoms with E-state index in [9.17, 15) is 13.2 Å². The van der Waals surface area contributed by atoms with Crippen molar-refractivity contribution < 1.29 is 13.2 Å². The van der Waals surface area contributed by atoms with E-state index in [0.29, 0.717) is 10.9 Å². The molecule has 1 saturated heterocycles. The van der Waals surface area contributed by atoms with E-state index in [1.165, 1.54) is 12.1 Å². The number of rotatable bonds is 5. The number of hydrogen-bond donors (Lipinski definition) is 1. The quantitative estimate of drug-likeness (QED) is 0.766. The maximum atomic E-state index is 12.4. The average molecular weight is 444 g/mol. The summed E-state index contributed by atoms with van der Waals surface area (Å²) in [4.78, 5) is 13.5. The lowest BCUT2D eigenvalue weighted by Crippen LogP contribution is -2.24. The van der Waals surface area contributed by atoms with E-state index in [2.05, 4.69) is 20.7 Å². The van der Waals surface area contributed by atoms with Crippen molar-refractivity contribution >= 4 is 49.1 Å². The summed E-state index contributed by atoms with van der Waals surface area (Å²) in [5.74, 6) is 0.123. The molecule has 0 aliphatic carbocycles. The van der Waals surface area contributed by atoms with Crippen LogP contribution >= 0.6 is 27.5 Å². The van der Waals surface area contributed by atoms with Crippen LogP contribution in [0.1, 0.15) is 18.4 Å². The molecule has 8 heteroatoms. The van der Waals surface area contributed by atoms with E-state index in [1.54, 1.807) is 11.0 Å². The smallest absolute Gasteiger partial charge is 0.242 e. The molecule has 0 unspecified atom stereocenters. The van der Waals surface area contributed by atoms with Crippen LogP contribution in [-0.4, -0.2) is 20.9 Å². The summed E-state index contributed by atoms with van der Waals surface area (Å²) in [5.41, 5.74) is 1.64. The predicted molar refractivity (Wildman–Crippen MR) is 101 cm³/mol. The zero-order chi connectivity index (χ0) is 18.0. The molecular formula is C17H16BrClN2O3S. The molecule has 2 aromatic rings. The van der Waals surface area contributed by atoms with Gasteiger partial charge in [-0.05, 0) is 42.3 Å². The van der Waals surface area contributed by atoms with Crippen LogP contribution in [0.2, 0.25) is 5.02 Å². The first-order valence-electron chi connectivity index (χ1n) is 7.71. The van der Waals surface area contributed by atoms with Gasteiger partial charge in [0.2, 0.25) is 15.9 Å². The van der Waals surface area contributed by atoms with E-state index < -0.39 is 10.0 Å². The Morgan fingerprint density at radius 3 is 2.48 bits per heavy atom. The molecule has 0 bridgehead atoms. The van der Waals surface area contributed by atoms with Crippen LogP contribution in [0.25, 0.3) is 0 Å². The third kappa shape index (κ3) is 4.23. The van der Waals surface area contributed by atoms with Gasteiger partial charge in [-0.3, -0.25) is 4.79 Å². The Kier molecular flexibility index (Phi) is 5.48. The minimum absolute atomic E-state index is 0.0386. The van der Waals surface area contributed by atoms with Crippen LogP contribution < -0.4 is 9.62 Å². The molecule has 1 fully saturated rings. The molecule has 0 spiro atoms. The molecule has 25 heavy (non-hydrogen) atoms. The number of anilines is 1. The molecule has 0 saturated carbocycles. The number of sulfonamides is 1. The fraction of sp³-hybridized carbons (Fsp3) is 0.235. The molecule has 1 N–H and O–H groups in total. The largest absolute Gasteiger partial charge is 0.312 e. The Balaban J connectivity index is 1.69. The lowest BCUT2D eigenvalue weighted by Gasteiger charge is -2.16. The molecule has 0 radical (unpaired) electrons. The number of nitrogens with zero attached hydrogens (tertiary/aromatic N) is 1. The molecule has 1 heterocycles. The van der Waals surface area contributed by atoms with Crippen molar-refractivity contribution in [2.45, 2.75) is 24.3 Å². The van der Waals surface area contributed by atoms with E-state index >= 15 is 0 Å². The van der Waals surface area contributed by atoms with Gasteiger partial charge in [-0.1, -0.05) is 39.7 Å². The Labute approximate surface area is 160 Å². The first-order chi connectivity index (χ1) is 11.9. The van der Waals surface area contributed by atoms with E-state index in [1.807, 2.05) is 24.3 Å². The second-order valence-electron chi connectivity index (χ2n) is 5.71.